The first-order valence-electron chi connectivity index (χ1n) is 11.4. The van der Waals surface area contributed by atoms with E-state index in [0.29, 0.717) is 17.5 Å². The molecule has 5 rings (SSSR count). The molecule has 2 aliphatic rings. The van der Waals surface area contributed by atoms with Gasteiger partial charge >= 0.3 is 0 Å². The van der Waals surface area contributed by atoms with Gasteiger partial charge in [0.05, 0.1) is 13.5 Å². The molecule has 0 spiro atoms. The number of aromatic nitrogens is 2. The smallest absolute Gasteiger partial charge is 0.229 e. The number of nitrogens with zero attached hydrogens (tertiary/aromatic N) is 1. The molecule has 1 aliphatic carbocycles. The van der Waals surface area contributed by atoms with E-state index in [2.05, 4.69) is 15.5 Å². The van der Waals surface area contributed by atoms with Crippen molar-refractivity contribution < 1.29 is 19.1 Å². The molecule has 2 heterocycles. The average Bonchev–Trinajstić information content (AvgIpc) is 3.51. The molecule has 3 aromatic rings. The van der Waals surface area contributed by atoms with Crippen LogP contribution < -0.4 is 14.8 Å². The van der Waals surface area contributed by atoms with Crippen LogP contribution in [0.5, 0.6) is 11.5 Å². The normalized spacial score (nSPS) is 18.0. The molecule has 1 atom stereocenters. The van der Waals surface area contributed by atoms with Crippen molar-refractivity contribution in [1.29, 1.82) is 0 Å². The minimum Gasteiger partial charge on any atom is -0.497 e. The summed E-state index contributed by atoms with van der Waals surface area (Å²) in [6, 6.07) is 14.9. The summed E-state index contributed by atoms with van der Waals surface area (Å²) in [5, 5.41) is 10.2. The lowest BCUT2D eigenvalue weighted by atomic mass is 9.94. The number of nitrogens with one attached hydrogen (secondary N) is 2. The van der Waals surface area contributed by atoms with Gasteiger partial charge in [-0.15, -0.1) is 0 Å². The highest BCUT2D eigenvalue weighted by molar-refractivity contribution is 5.92. The van der Waals surface area contributed by atoms with E-state index in [4.69, 9.17) is 9.47 Å². The highest BCUT2D eigenvalue weighted by Gasteiger charge is 2.29. The van der Waals surface area contributed by atoms with E-state index >= 15 is 0 Å². The summed E-state index contributed by atoms with van der Waals surface area (Å²) in [4.78, 5) is 25.3. The number of fused-ring (bicyclic) bond motifs is 1. The van der Waals surface area contributed by atoms with E-state index in [1.165, 1.54) is 25.7 Å². The van der Waals surface area contributed by atoms with Crippen molar-refractivity contribution in [3.05, 3.63) is 70.9 Å². The lowest BCUT2D eigenvalue weighted by Crippen LogP contribution is -2.26. The Morgan fingerprint density at radius 1 is 1.15 bits per heavy atom. The largest absolute Gasteiger partial charge is 0.497 e. The van der Waals surface area contributed by atoms with Crippen LogP contribution >= 0.6 is 0 Å². The lowest BCUT2D eigenvalue weighted by molar-refractivity contribution is -0.126. The Hall–Kier alpha value is -3.61. The Labute approximate surface area is 192 Å². The van der Waals surface area contributed by atoms with Gasteiger partial charge in [-0.05, 0) is 36.6 Å². The third kappa shape index (κ3) is 4.62. The van der Waals surface area contributed by atoms with Gasteiger partial charge in [0.1, 0.15) is 11.5 Å². The molecule has 7 heteroatoms. The number of anilines is 1. The molecule has 1 aromatic heterocycles. The zero-order valence-corrected chi connectivity index (χ0v) is 18.6. The van der Waals surface area contributed by atoms with Crippen molar-refractivity contribution in [3.63, 3.8) is 0 Å². The van der Waals surface area contributed by atoms with Crippen LogP contribution in [0, 0.1) is 0 Å². The number of H-pyrrole nitrogens is 1. The number of rotatable bonds is 6. The number of carbonyl (C=O) groups excluding carboxylic acids is 2. The second-order valence-electron chi connectivity index (χ2n) is 8.77. The number of carbonyl (C=O) groups is 2. The van der Waals surface area contributed by atoms with Crippen molar-refractivity contribution in [2.75, 3.05) is 12.4 Å². The molecule has 7 nitrogen and oxygen atoms in total. The zero-order chi connectivity index (χ0) is 22.8. The first kappa shape index (κ1) is 21.2. The van der Waals surface area contributed by atoms with Crippen LogP contribution in [-0.4, -0.2) is 29.0 Å². The first-order chi connectivity index (χ1) is 16.1. The monoisotopic (exact) mass is 445 g/mol. The fourth-order valence-electron chi connectivity index (χ4n) is 4.72. The number of hydrogen-bond acceptors (Lipinski definition) is 5. The fourth-order valence-corrected chi connectivity index (χ4v) is 4.72. The molecule has 0 saturated heterocycles. The lowest BCUT2D eigenvalue weighted by Gasteiger charge is -2.25. The standard InChI is InChI=1S/C26H27N3O4/c1-32-20-9-7-18(8-10-20)26-22(30)14-19-12-16(6-11-23(19)33-26)13-25(31)27-24-15-21(28-29-24)17-4-2-3-5-17/h6-12,15,17,26H,2-5,13-14H2,1H3,(H2,27,28,29,31). The van der Waals surface area contributed by atoms with Crippen LogP contribution in [0.25, 0.3) is 0 Å². The van der Waals surface area contributed by atoms with Crippen LogP contribution in [0.4, 0.5) is 5.82 Å². The van der Waals surface area contributed by atoms with Gasteiger partial charge in [-0.1, -0.05) is 37.1 Å². The molecular formula is C26H27N3O4. The molecule has 0 bridgehead atoms. The second-order valence-corrected chi connectivity index (χ2v) is 8.77. The van der Waals surface area contributed by atoms with Crippen molar-refractivity contribution in [2.24, 2.45) is 0 Å². The number of amides is 1. The molecule has 1 unspecified atom stereocenters. The zero-order valence-electron chi connectivity index (χ0n) is 18.6. The molecular weight excluding hydrogens is 418 g/mol. The van der Waals surface area contributed by atoms with Crippen LogP contribution in [-0.2, 0) is 22.4 Å². The predicted octanol–water partition coefficient (Wildman–Crippen LogP) is 4.50. The summed E-state index contributed by atoms with van der Waals surface area (Å²) in [6.07, 6.45) is 4.68. The Balaban J connectivity index is 1.23. The third-order valence-corrected chi connectivity index (χ3v) is 6.47. The molecule has 1 amide bonds. The summed E-state index contributed by atoms with van der Waals surface area (Å²) >= 11 is 0. The number of methoxy groups -OCH3 is 1. The maximum Gasteiger partial charge on any atom is 0.229 e. The molecule has 33 heavy (non-hydrogen) atoms. The predicted molar refractivity (Wildman–Crippen MR) is 124 cm³/mol. The van der Waals surface area contributed by atoms with Gasteiger partial charge in [-0.25, -0.2) is 0 Å². The maximum absolute atomic E-state index is 12.8. The molecule has 2 aromatic carbocycles. The van der Waals surface area contributed by atoms with Gasteiger partial charge in [0.2, 0.25) is 5.91 Å². The van der Waals surface area contributed by atoms with Gasteiger partial charge in [-0.2, -0.15) is 5.10 Å². The molecule has 170 valence electrons. The van der Waals surface area contributed by atoms with E-state index in [-0.39, 0.29) is 24.5 Å². The van der Waals surface area contributed by atoms with Gasteiger partial charge in [0.25, 0.3) is 0 Å². The summed E-state index contributed by atoms with van der Waals surface area (Å²) < 4.78 is 11.2. The van der Waals surface area contributed by atoms with E-state index in [0.717, 1.165) is 28.1 Å². The minimum absolute atomic E-state index is 0.00904. The number of benzene rings is 2. The average molecular weight is 446 g/mol. The highest BCUT2D eigenvalue weighted by atomic mass is 16.5. The van der Waals surface area contributed by atoms with Crippen LogP contribution in [0.15, 0.2) is 48.5 Å². The van der Waals surface area contributed by atoms with Crippen molar-refractivity contribution in [2.45, 2.75) is 50.5 Å². The van der Waals surface area contributed by atoms with Crippen molar-refractivity contribution >= 4 is 17.5 Å². The Bertz CT molecular complexity index is 1160. The van der Waals surface area contributed by atoms with Crippen LogP contribution in [0.3, 0.4) is 0 Å². The number of hydrogen-bond donors (Lipinski definition) is 2. The van der Waals surface area contributed by atoms with E-state index < -0.39 is 6.10 Å². The third-order valence-electron chi connectivity index (χ3n) is 6.47. The second kappa shape index (κ2) is 9.10. The Morgan fingerprint density at radius 2 is 1.94 bits per heavy atom. The number of aromatic amines is 1. The molecule has 2 N–H and O–H groups in total. The molecule has 1 fully saturated rings. The number of ketones is 1. The minimum atomic E-state index is -0.633. The first-order valence-corrected chi connectivity index (χ1v) is 11.4. The van der Waals surface area contributed by atoms with Crippen LogP contribution in [0.2, 0.25) is 0 Å². The molecule has 0 radical (unpaired) electrons. The maximum atomic E-state index is 12.8. The fraction of sp³-hybridized carbons (Fsp3) is 0.346. The summed E-state index contributed by atoms with van der Waals surface area (Å²) in [6.45, 7) is 0. The topological polar surface area (TPSA) is 93.3 Å². The van der Waals surface area contributed by atoms with Gasteiger partial charge in [0.15, 0.2) is 17.7 Å². The highest BCUT2D eigenvalue weighted by Crippen LogP contribution is 2.35. The SMILES string of the molecule is COc1ccc(C2Oc3ccc(CC(=O)Nc4cc(C5CCCC5)[nH]n4)cc3CC2=O)cc1. The summed E-state index contributed by atoms with van der Waals surface area (Å²) in [7, 11) is 1.61. The van der Waals surface area contributed by atoms with E-state index in [1.54, 1.807) is 7.11 Å². The van der Waals surface area contributed by atoms with Gasteiger partial charge in [0, 0.05) is 35.2 Å². The summed E-state index contributed by atoms with van der Waals surface area (Å²) in [5.41, 5.74) is 3.53. The number of ether oxygens (including phenoxy) is 2. The quantitative estimate of drug-likeness (QED) is 0.583. The molecule has 1 saturated carbocycles. The van der Waals surface area contributed by atoms with Crippen LogP contribution in [0.1, 0.15) is 60.1 Å². The van der Waals surface area contributed by atoms with Crippen molar-refractivity contribution in [3.8, 4) is 11.5 Å². The van der Waals surface area contributed by atoms with E-state index in [9.17, 15) is 9.59 Å². The number of Topliss-reactive ketones (excluding diaryl/α,β-unsaturated/α-hetero) is 1. The Kier molecular flexibility index (Phi) is 5.86. The van der Waals surface area contributed by atoms with Gasteiger partial charge in [-0.3, -0.25) is 14.7 Å². The molecule has 1 aliphatic heterocycles. The van der Waals surface area contributed by atoms with E-state index in [1.807, 2.05) is 48.5 Å². The van der Waals surface area contributed by atoms with Crippen molar-refractivity contribution in [1.82, 2.24) is 10.2 Å². The summed E-state index contributed by atoms with van der Waals surface area (Å²) in [5.74, 6) is 2.33. The Morgan fingerprint density at radius 3 is 2.70 bits per heavy atom. The van der Waals surface area contributed by atoms with Gasteiger partial charge < -0.3 is 14.8 Å².